The Kier molecular flexibility index (Phi) is 8.10. The van der Waals surface area contributed by atoms with Crippen LogP contribution in [-0.2, 0) is 9.53 Å². The molecule has 0 saturated carbocycles. The van der Waals surface area contributed by atoms with E-state index in [9.17, 15) is 4.79 Å². The van der Waals surface area contributed by atoms with E-state index in [0.717, 1.165) is 0 Å². The molecule has 0 radical (unpaired) electrons. The van der Waals surface area contributed by atoms with Crippen LogP contribution in [0.2, 0.25) is 0 Å². The molecular weight excluding hydrogens is 210 g/mol. The quantitative estimate of drug-likeness (QED) is 0.287. The number of carbonyl (C=O) groups excluding carboxylic acids is 1. The summed E-state index contributed by atoms with van der Waals surface area (Å²) in [5, 5.41) is 8.82. The van der Waals surface area contributed by atoms with Crippen LogP contribution in [0.1, 0.15) is 20.3 Å². The zero-order chi connectivity index (χ0) is 12.6. The lowest BCUT2D eigenvalue weighted by molar-refractivity contribution is -0.129. The molecule has 0 aliphatic carbocycles. The Balaban J connectivity index is 4.58. The van der Waals surface area contributed by atoms with Crippen molar-refractivity contribution in [3.63, 3.8) is 0 Å². The Morgan fingerprint density at radius 3 is 2.56 bits per heavy atom. The summed E-state index contributed by atoms with van der Waals surface area (Å²) in [4.78, 5) is 13.6. The van der Waals surface area contributed by atoms with Gasteiger partial charge in [0.15, 0.2) is 0 Å². The monoisotopic (exact) mass is 233 g/mol. The molecule has 0 aliphatic rings. The number of nitrogens with two attached hydrogens (primary N) is 1. The van der Waals surface area contributed by atoms with Crippen LogP contribution >= 0.6 is 0 Å². The lowest BCUT2D eigenvalue weighted by Crippen LogP contribution is -2.54. The number of hydrogen-bond acceptors (Lipinski definition) is 5. The molecule has 1 amide bonds. The van der Waals surface area contributed by atoms with Crippen molar-refractivity contribution in [3.05, 3.63) is 0 Å². The van der Waals surface area contributed by atoms with Gasteiger partial charge in [0.25, 0.3) is 5.91 Å². The van der Waals surface area contributed by atoms with Crippen LogP contribution in [0, 0.1) is 0 Å². The second-order valence-electron chi connectivity index (χ2n) is 3.89. The number of ether oxygens (including phenoxy) is 1. The molecule has 0 aromatic rings. The van der Waals surface area contributed by atoms with Gasteiger partial charge in [0.05, 0.1) is 6.61 Å². The highest BCUT2D eigenvalue weighted by Crippen LogP contribution is 2.07. The van der Waals surface area contributed by atoms with Crippen molar-refractivity contribution in [1.29, 1.82) is 0 Å². The molecule has 96 valence electrons. The number of hydrazine groups is 1. The maximum Gasteiger partial charge on any atom is 0.253 e. The van der Waals surface area contributed by atoms with Crippen molar-refractivity contribution in [2.45, 2.75) is 32.4 Å². The number of nitrogens with zero attached hydrogens (tertiary/aromatic N) is 1. The number of methoxy groups -OCH3 is 1. The molecule has 6 heteroatoms. The summed E-state index contributed by atoms with van der Waals surface area (Å²) in [6.07, 6.45) is 0.621. The highest BCUT2D eigenvalue weighted by molar-refractivity contribution is 5.81. The fraction of sp³-hybridized carbons (Fsp3) is 0.900. The van der Waals surface area contributed by atoms with Crippen LogP contribution in [0.4, 0.5) is 0 Å². The van der Waals surface area contributed by atoms with E-state index in [0.29, 0.717) is 13.0 Å². The molecular formula is C10H23N3O3. The van der Waals surface area contributed by atoms with Crippen LogP contribution in [0.25, 0.3) is 0 Å². The van der Waals surface area contributed by atoms with Gasteiger partial charge < -0.3 is 9.84 Å². The van der Waals surface area contributed by atoms with Crippen molar-refractivity contribution in [1.82, 2.24) is 10.3 Å². The van der Waals surface area contributed by atoms with Gasteiger partial charge in [0, 0.05) is 26.3 Å². The van der Waals surface area contributed by atoms with E-state index in [-0.39, 0.29) is 25.2 Å². The van der Waals surface area contributed by atoms with Gasteiger partial charge in [-0.1, -0.05) is 0 Å². The summed E-state index contributed by atoms with van der Waals surface area (Å²) in [6, 6.07) is -0.231. The number of aliphatic hydroxyl groups excluding tert-OH is 1. The number of rotatable bonds is 8. The fourth-order valence-corrected chi connectivity index (χ4v) is 1.60. The summed E-state index contributed by atoms with van der Waals surface area (Å²) in [6.45, 7) is 5.00. The van der Waals surface area contributed by atoms with Crippen molar-refractivity contribution in [2.24, 2.45) is 5.84 Å². The SMILES string of the molecule is COCC(C(=O)NN)N(CCCO)C(C)C. The number of amides is 1. The number of hydrogen-bond donors (Lipinski definition) is 3. The van der Waals surface area contributed by atoms with E-state index in [4.69, 9.17) is 15.7 Å². The molecule has 16 heavy (non-hydrogen) atoms. The van der Waals surface area contributed by atoms with Crippen molar-refractivity contribution < 1.29 is 14.6 Å². The lowest BCUT2D eigenvalue weighted by atomic mass is 10.1. The van der Waals surface area contributed by atoms with Crippen molar-refractivity contribution >= 4 is 5.91 Å². The van der Waals surface area contributed by atoms with Crippen molar-refractivity contribution in [3.8, 4) is 0 Å². The lowest BCUT2D eigenvalue weighted by Gasteiger charge is -2.33. The summed E-state index contributed by atoms with van der Waals surface area (Å²) < 4.78 is 5.02. The van der Waals surface area contributed by atoms with Crippen LogP contribution in [0.3, 0.4) is 0 Å². The molecule has 0 heterocycles. The molecule has 0 fully saturated rings. The minimum absolute atomic E-state index is 0.104. The van der Waals surface area contributed by atoms with E-state index < -0.39 is 6.04 Å². The predicted octanol–water partition coefficient (Wildman–Crippen LogP) is -0.916. The summed E-state index contributed by atoms with van der Waals surface area (Å²) in [5.74, 6) is 4.87. The summed E-state index contributed by atoms with van der Waals surface area (Å²) >= 11 is 0. The topological polar surface area (TPSA) is 87.8 Å². The first-order valence-electron chi connectivity index (χ1n) is 5.44. The molecule has 0 saturated heterocycles. The molecule has 0 rings (SSSR count). The molecule has 0 aliphatic heterocycles. The van der Waals surface area contributed by atoms with Gasteiger partial charge in [-0.3, -0.25) is 15.1 Å². The van der Waals surface area contributed by atoms with E-state index in [1.165, 1.54) is 0 Å². The largest absolute Gasteiger partial charge is 0.396 e. The van der Waals surface area contributed by atoms with E-state index in [2.05, 4.69) is 5.43 Å². The molecule has 1 unspecified atom stereocenters. The summed E-state index contributed by atoms with van der Waals surface area (Å²) in [5.41, 5.74) is 2.14. The molecule has 6 nitrogen and oxygen atoms in total. The first-order valence-corrected chi connectivity index (χ1v) is 5.44. The predicted molar refractivity (Wildman–Crippen MR) is 61.5 cm³/mol. The highest BCUT2D eigenvalue weighted by atomic mass is 16.5. The molecule has 0 bridgehead atoms. The standard InChI is InChI=1S/C10H23N3O3/c1-8(2)13(5-4-6-14)9(7-16-3)10(15)12-11/h8-9,14H,4-7,11H2,1-3H3,(H,12,15). The number of carbonyl (C=O) groups is 1. The first kappa shape index (κ1) is 15.3. The number of nitrogens with one attached hydrogen (secondary N) is 1. The Morgan fingerprint density at radius 2 is 2.19 bits per heavy atom. The molecule has 1 atom stereocenters. The minimum Gasteiger partial charge on any atom is -0.396 e. The fourth-order valence-electron chi connectivity index (χ4n) is 1.60. The molecule has 0 spiro atoms. The second kappa shape index (κ2) is 8.46. The van der Waals surface area contributed by atoms with Crippen LogP contribution in [0.15, 0.2) is 0 Å². The average molecular weight is 233 g/mol. The van der Waals surface area contributed by atoms with Gasteiger partial charge in [-0.25, -0.2) is 5.84 Å². The molecule has 4 N–H and O–H groups in total. The second-order valence-corrected chi connectivity index (χ2v) is 3.89. The highest BCUT2D eigenvalue weighted by Gasteiger charge is 2.26. The maximum atomic E-state index is 11.6. The zero-order valence-corrected chi connectivity index (χ0v) is 10.3. The van der Waals surface area contributed by atoms with Gasteiger partial charge in [-0.15, -0.1) is 0 Å². The Hall–Kier alpha value is -0.690. The van der Waals surface area contributed by atoms with Crippen LogP contribution in [0.5, 0.6) is 0 Å². The third-order valence-corrected chi connectivity index (χ3v) is 2.41. The Bertz CT molecular complexity index is 200. The third kappa shape index (κ3) is 4.89. The summed E-state index contributed by atoms with van der Waals surface area (Å²) in [7, 11) is 1.54. The number of aliphatic hydroxyl groups is 1. The minimum atomic E-state index is -0.415. The Labute approximate surface area is 96.7 Å². The maximum absolute atomic E-state index is 11.6. The van der Waals surface area contributed by atoms with Gasteiger partial charge in [-0.2, -0.15) is 0 Å². The average Bonchev–Trinajstić information content (AvgIpc) is 2.26. The van der Waals surface area contributed by atoms with Crippen molar-refractivity contribution in [2.75, 3.05) is 26.9 Å². The van der Waals surface area contributed by atoms with Gasteiger partial charge in [0.2, 0.25) is 0 Å². The normalized spacial score (nSPS) is 13.2. The molecule has 0 aromatic heterocycles. The van der Waals surface area contributed by atoms with E-state index in [1.807, 2.05) is 18.7 Å². The van der Waals surface area contributed by atoms with Gasteiger partial charge >= 0.3 is 0 Å². The van der Waals surface area contributed by atoms with E-state index in [1.54, 1.807) is 7.11 Å². The zero-order valence-electron chi connectivity index (χ0n) is 10.3. The van der Waals surface area contributed by atoms with Gasteiger partial charge in [-0.05, 0) is 20.3 Å². The van der Waals surface area contributed by atoms with Gasteiger partial charge in [0.1, 0.15) is 6.04 Å². The first-order chi connectivity index (χ1) is 7.58. The van der Waals surface area contributed by atoms with Crippen LogP contribution < -0.4 is 11.3 Å². The molecule has 0 aromatic carbocycles. The smallest absolute Gasteiger partial charge is 0.253 e. The van der Waals surface area contributed by atoms with Crippen LogP contribution in [-0.4, -0.2) is 54.9 Å². The van der Waals surface area contributed by atoms with E-state index >= 15 is 0 Å². The third-order valence-electron chi connectivity index (χ3n) is 2.41. The Morgan fingerprint density at radius 1 is 1.56 bits per heavy atom.